The molecule has 0 bridgehead atoms. The summed E-state index contributed by atoms with van der Waals surface area (Å²) in [7, 11) is -1.03. The molecule has 2 aromatic heterocycles. The van der Waals surface area contributed by atoms with Crippen LogP contribution in [0, 0.1) is 6.92 Å². The van der Waals surface area contributed by atoms with E-state index in [1.807, 2.05) is 20.8 Å². The number of rotatable bonds is 11. The molecule has 0 saturated carbocycles. The minimum Gasteiger partial charge on any atom is -0.494 e. The monoisotopic (exact) mass is 546 g/mol. The SMILES string of the molecule is COc1cccc(OC)c1-n1c(NS(=O)(=O)[C@@H](C)[C@@H](OC(C)C)c2ncc(C)cn2)nnc1C1CCOC1. The molecule has 1 fully saturated rings. The van der Waals surface area contributed by atoms with Crippen molar-refractivity contribution in [3.8, 4) is 17.2 Å². The number of hydrogen-bond donors (Lipinski definition) is 1. The second-order valence-electron chi connectivity index (χ2n) is 9.37. The molecule has 0 aliphatic carbocycles. The van der Waals surface area contributed by atoms with Crippen LogP contribution in [0.4, 0.5) is 5.95 Å². The Balaban J connectivity index is 1.78. The van der Waals surface area contributed by atoms with Crippen molar-refractivity contribution in [2.45, 2.75) is 57.5 Å². The molecule has 12 nitrogen and oxygen atoms in total. The number of anilines is 1. The summed E-state index contributed by atoms with van der Waals surface area (Å²) in [5, 5.41) is 7.54. The van der Waals surface area contributed by atoms with E-state index < -0.39 is 21.4 Å². The van der Waals surface area contributed by atoms with E-state index in [4.69, 9.17) is 18.9 Å². The molecule has 3 atom stereocenters. The van der Waals surface area contributed by atoms with Crippen molar-refractivity contribution in [3.63, 3.8) is 0 Å². The Labute approximate surface area is 222 Å². The smallest absolute Gasteiger partial charge is 0.243 e. The quantitative estimate of drug-likeness (QED) is 0.381. The maximum Gasteiger partial charge on any atom is 0.243 e. The molecular formula is C25H34N6O6S. The minimum absolute atomic E-state index is 0.00493. The first-order valence-electron chi connectivity index (χ1n) is 12.4. The molecule has 3 aromatic rings. The fourth-order valence-electron chi connectivity index (χ4n) is 4.24. The van der Waals surface area contributed by atoms with E-state index in [0.717, 1.165) is 5.56 Å². The van der Waals surface area contributed by atoms with Crippen LogP contribution in [0.2, 0.25) is 0 Å². The normalized spacial score (nSPS) is 17.4. The molecular weight excluding hydrogens is 512 g/mol. The number of sulfonamides is 1. The van der Waals surface area contributed by atoms with E-state index in [9.17, 15) is 8.42 Å². The highest BCUT2D eigenvalue weighted by Crippen LogP contribution is 2.38. The molecule has 4 rings (SSSR count). The number of nitrogens with zero attached hydrogens (tertiary/aromatic N) is 5. The highest BCUT2D eigenvalue weighted by molar-refractivity contribution is 7.93. The third-order valence-corrected chi connectivity index (χ3v) is 7.93. The van der Waals surface area contributed by atoms with Crippen LogP contribution in [0.15, 0.2) is 30.6 Å². The highest BCUT2D eigenvalue weighted by atomic mass is 32.2. The van der Waals surface area contributed by atoms with E-state index in [2.05, 4.69) is 24.9 Å². The zero-order valence-corrected chi connectivity index (χ0v) is 23.2. The van der Waals surface area contributed by atoms with Gasteiger partial charge in [0.1, 0.15) is 34.4 Å². The number of para-hydroxylation sites is 1. The summed E-state index contributed by atoms with van der Waals surface area (Å²) in [6.07, 6.45) is 2.79. The van der Waals surface area contributed by atoms with E-state index in [-0.39, 0.29) is 23.8 Å². The van der Waals surface area contributed by atoms with Crippen LogP contribution in [0.1, 0.15) is 56.4 Å². The fraction of sp³-hybridized carbons (Fsp3) is 0.520. The fourth-order valence-corrected chi connectivity index (χ4v) is 5.33. The Morgan fingerprint density at radius 2 is 1.74 bits per heavy atom. The molecule has 0 radical (unpaired) electrons. The Morgan fingerprint density at radius 1 is 1.08 bits per heavy atom. The first kappa shape index (κ1) is 27.7. The van der Waals surface area contributed by atoms with Gasteiger partial charge >= 0.3 is 0 Å². The van der Waals surface area contributed by atoms with Crippen LogP contribution >= 0.6 is 0 Å². The van der Waals surface area contributed by atoms with Crippen LogP contribution in [-0.4, -0.2) is 71.9 Å². The van der Waals surface area contributed by atoms with E-state index >= 15 is 0 Å². The molecule has 1 aliphatic heterocycles. The van der Waals surface area contributed by atoms with Gasteiger partial charge in [0.2, 0.25) is 16.0 Å². The lowest BCUT2D eigenvalue weighted by Crippen LogP contribution is -2.35. The second kappa shape index (κ2) is 11.6. The molecule has 0 amide bonds. The summed E-state index contributed by atoms with van der Waals surface area (Å²) in [6.45, 7) is 8.07. The van der Waals surface area contributed by atoms with Gasteiger partial charge in [-0.2, -0.15) is 0 Å². The molecule has 1 aromatic carbocycles. The molecule has 1 aliphatic rings. The average Bonchev–Trinajstić information content (AvgIpc) is 3.56. The van der Waals surface area contributed by atoms with Gasteiger partial charge in [-0.15, -0.1) is 10.2 Å². The summed E-state index contributed by atoms with van der Waals surface area (Å²) in [5.74, 6) is 1.64. The van der Waals surface area contributed by atoms with E-state index in [1.165, 1.54) is 14.2 Å². The Kier molecular flexibility index (Phi) is 8.48. The Bertz CT molecular complexity index is 1320. The number of ether oxygens (including phenoxy) is 4. The summed E-state index contributed by atoms with van der Waals surface area (Å²) in [5.41, 5.74) is 1.33. The predicted octanol–water partition coefficient (Wildman–Crippen LogP) is 3.18. The third kappa shape index (κ3) is 5.74. The average molecular weight is 547 g/mol. The van der Waals surface area contributed by atoms with Crippen molar-refractivity contribution in [2.24, 2.45) is 0 Å². The second-order valence-corrected chi connectivity index (χ2v) is 11.4. The van der Waals surface area contributed by atoms with Gasteiger partial charge in [0, 0.05) is 24.9 Å². The van der Waals surface area contributed by atoms with Crippen LogP contribution in [0.25, 0.3) is 5.69 Å². The van der Waals surface area contributed by atoms with Crippen molar-refractivity contribution >= 4 is 16.0 Å². The molecule has 3 heterocycles. The van der Waals surface area contributed by atoms with Gasteiger partial charge in [-0.25, -0.2) is 18.4 Å². The summed E-state index contributed by atoms with van der Waals surface area (Å²) >= 11 is 0. The van der Waals surface area contributed by atoms with Crippen molar-refractivity contribution in [1.82, 2.24) is 24.7 Å². The van der Waals surface area contributed by atoms with Crippen molar-refractivity contribution in [3.05, 3.63) is 47.8 Å². The first-order valence-corrected chi connectivity index (χ1v) is 13.9. The van der Waals surface area contributed by atoms with Crippen molar-refractivity contribution in [2.75, 3.05) is 32.2 Å². The molecule has 38 heavy (non-hydrogen) atoms. The lowest BCUT2D eigenvalue weighted by Gasteiger charge is -2.25. The third-order valence-electron chi connectivity index (χ3n) is 6.23. The van der Waals surface area contributed by atoms with Gasteiger partial charge in [-0.05, 0) is 51.8 Å². The molecule has 1 N–H and O–H groups in total. The number of aryl methyl sites for hydroxylation is 1. The van der Waals surface area contributed by atoms with E-state index in [1.54, 1.807) is 42.1 Å². The van der Waals surface area contributed by atoms with E-state index in [0.29, 0.717) is 42.6 Å². The predicted molar refractivity (Wildman–Crippen MR) is 140 cm³/mol. The van der Waals surface area contributed by atoms with Crippen LogP contribution < -0.4 is 14.2 Å². The molecule has 0 spiro atoms. The van der Waals surface area contributed by atoms with Gasteiger partial charge in [0.05, 0.1) is 26.9 Å². The Morgan fingerprint density at radius 3 is 2.29 bits per heavy atom. The lowest BCUT2D eigenvalue weighted by atomic mass is 10.1. The molecule has 206 valence electrons. The van der Waals surface area contributed by atoms with Crippen LogP contribution in [0.5, 0.6) is 11.5 Å². The maximum absolute atomic E-state index is 13.8. The topological polar surface area (TPSA) is 140 Å². The summed E-state index contributed by atoms with van der Waals surface area (Å²) in [6, 6.07) is 5.30. The first-order chi connectivity index (χ1) is 18.2. The zero-order chi connectivity index (χ0) is 27.4. The minimum atomic E-state index is -4.09. The van der Waals surface area contributed by atoms with Gasteiger partial charge in [-0.1, -0.05) is 6.07 Å². The molecule has 13 heteroatoms. The number of methoxy groups -OCH3 is 2. The maximum atomic E-state index is 13.8. The lowest BCUT2D eigenvalue weighted by molar-refractivity contribution is 0.00152. The van der Waals surface area contributed by atoms with Gasteiger partial charge in [0.15, 0.2) is 5.82 Å². The molecule has 1 unspecified atom stereocenters. The number of hydrogen-bond acceptors (Lipinski definition) is 10. The highest BCUT2D eigenvalue weighted by Gasteiger charge is 2.37. The van der Waals surface area contributed by atoms with Gasteiger partial charge in [0.25, 0.3) is 0 Å². The standard InChI is InChI=1S/C25H34N6O6S/c1-15(2)37-22(23-26-12-16(3)13-27-23)17(4)38(32,33)30-25-29-28-24(18-10-11-36-14-18)31(25)21-19(34-5)8-7-9-20(21)35-6/h7-9,12-13,15,17-18,22H,10-11,14H2,1-6H3,(H,29,30)/t17-,18?,22+/m0/s1. The van der Waals surface area contributed by atoms with Crippen molar-refractivity contribution < 1.29 is 27.4 Å². The largest absolute Gasteiger partial charge is 0.494 e. The number of nitrogens with one attached hydrogen (secondary N) is 1. The summed E-state index contributed by atoms with van der Waals surface area (Å²) < 4.78 is 54.6. The molecule has 1 saturated heterocycles. The summed E-state index contributed by atoms with van der Waals surface area (Å²) in [4.78, 5) is 8.66. The Hall–Kier alpha value is -3.29. The van der Waals surface area contributed by atoms with Crippen molar-refractivity contribution in [1.29, 1.82) is 0 Å². The van der Waals surface area contributed by atoms with Crippen LogP contribution in [0.3, 0.4) is 0 Å². The van der Waals surface area contributed by atoms with Gasteiger partial charge < -0.3 is 18.9 Å². The number of aromatic nitrogens is 5. The van der Waals surface area contributed by atoms with Crippen LogP contribution in [-0.2, 0) is 19.5 Å². The zero-order valence-electron chi connectivity index (χ0n) is 22.4. The number of benzene rings is 1. The van der Waals surface area contributed by atoms with Gasteiger partial charge in [-0.3, -0.25) is 9.29 Å².